The molecule has 0 atom stereocenters. The monoisotopic (exact) mass is 570 g/mol. The van der Waals surface area contributed by atoms with E-state index in [0.717, 1.165) is 53.9 Å². The van der Waals surface area contributed by atoms with Gasteiger partial charge in [0.2, 0.25) is 0 Å². The Labute approximate surface area is 206 Å². The fourth-order valence-corrected chi connectivity index (χ4v) is 2.35. The van der Waals surface area contributed by atoms with Crippen LogP contribution in [0.25, 0.3) is 0 Å². The Hall–Kier alpha value is 1.46. The Balaban J connectivity index is -0.0000000832. The van der Waals surface area contributed by atoms with E-state index in [2.05, 4.69) is 72.0 Å². The Morgan fingerprint density at radius 1 is 0.840 bits per heavy atom. The third kappa shape index (κ3) is 46.0. The minimum absolute atomic E-state index is 0. The van der Waals surface area contributed by atoms with Gasteiger partial charge in [0.25, 0.3) is 0 Å². The first kappa shape index (κ1) is 37.2. The average Bonchev–Trinajstić information content (AvgIpc) is 2.48. The van der Waals surface area contributed by atoms with E-state index in [0.29, 0.717) is 5.88 Å². The normalized spacial score (nSPS) is 8.24. The van der Waals surface area contributed by atoms with E-state index in [1.54, 1.807) is 0 Å². The second-order valence-electron chi connectivity index (χ2n) is 5.53. The van der Waals surface area contributed by atoms with Gasteiger partial charge in [-0.15, -0.1) is 30.3 Å². The third-order valence-corrected chi connectivity index (χ3v) is 3.82. The molecule has 0 bridgehead atoms. The van der Waals surface area contributed by atoms with Crippen LogP contribution in [-0.2, 0) is 0 Å². The smallest absolute Gasteiger partial charge is 1.00 e. The molecule has 144 valence electrons. The van der Waals surface area contributed by atoms with Gasteiger partial charge in [-0.25, -0.2) is 0 Å². The van der Waals surface area contributed by atoms with Crippen molar-refractivity contribution in [3.63, 3.8) is 0 Å². The predicted molar refractivity (Wildman–Crippen MR) is 125 cm³/mol. The molecule has 0 spiro atoms. The van der Waals surface area contributed by atoms with Gasteiger partial charge in [-0.1, -0.05) is 61.7 Å². The van der Waals surface area contributed by atoms with Crippen molar-refractivity contribution in [1.29, 1.82) is 0 Å². The molecule has 0 radical (unpaired) electrons. The maximum Gasteiger partial charge on any atom is 2.00 e. The molecule has 5 heteroatoms. The van der Waals surface area contributed by atoms with Gasteiger partial charge in [0, 0.05) is 16.5 Å². The van der Waals surface area contributed by atoms with Crippen molar-refractivity contribution < 1.29 is 17.0 Å². The van der Waals surface area contributed by atoms with E-state index in [1.165, 1.54) is 17.6 Å². The molecule has 0 aromatic rings. The summed E-state index contributed by atoms with van der Waals surface area (Å²) in [4.78, 5) is 0. The predicted octanol–water partition coefficient (Wildman–Crippen LogP) is 5.05. The molecule has 0 N–H and O–H groups in total. The standard InChI is InChI=1S/C10H17Br.C5H8BrCl.C5H9.BrH.Mg/c1-9(2)5-4-6-10(3)7-8-11;1-5(4-7)2-3-6;1-4-5(2)3;;/h1,3-8H2,2H3;1-4H2;1-2,4H2,3H3;1H;/q;;-1;;+2/p-1. The minimum atomic E-state index is 0. The first-order valence-corrected chi connectivity index (χ1v) is 10.6. The molecule has 0 aliphatic heterocycles. The van der Waals surface area contributed by atoms with Crippen molar-refractivity contribution in [2.75, 3.05) is 16.5 Å². The second-order valence-corrected chi connectivity index (χ2v) is 7.38. The Bertz CT molecular complexity index is 342. The number of allylic oxidation sites excluding steroid dienone is 4. The number of hydrogen-bond acceptors (Lipinski definition) is 0. The molecule has 25 heavy (non-hydrogen) atoms. The molecule has 0 aliphatic carbocycles. The molecule has 0 amide bonds. The van der Waals surface area contributed by atoms with Crippen molar-refractivity contribution >= 4 is 66.5 Å². The SMILES string of the molecule is C=C(C)CCCC(=C)CCBr.C=C(C)C[CH2-].C=C(CCl)CCBr.[Br-].[Mg+2]. The summed E-state index contributed by atoms with van der Waals surface area (Å²) < 4.78 is 0. The van der Waals surface area contributed by atoms with Gasteiger partial charge < -0.3 is 23.9 Å². The molecular weight excluding hydrogens is 540 g/mol. The largest absolute Gasteiger partial charge is 2.00 e. The van der Waals surface area contributed by atoms with Gasteiger partial charge in [0.1, 0.15) is 0 Å². The molecule has 0 aromatic heterocycles. The minimum Gasteiger partial charge on any atom is -1.00 e. The van der Waals surface area contributed by atoms with Crippen molar-refractivity contribution in [3.05, 3.63) is 55.5 Å². The molecular formula is C20H34Br3ClMg. The van der Waals surface area contributed by atoms with E-state index in [1.807, 2.05) is 6.92 Å². The first-order valence-electron chi connectivity index (χ1n) is 7.84. The van der Waals surface area contributed by atoms with Crippen LogP contribution in [0.4, 0.5) is 0 Å². The van der Waals surface area contributed by atoms with Crippen molar-refractivity contribution in [2.24, 2.45) is 0 Å². The van der Waals surface area contributed by atoms with Crippen LogP contribution in [0.5, 0.6) is 0 Å². The summed E-state index contributed by atoms with van der Waals surface area (Å²) >= 11 is 12.1. The quantitative estimate of drug-likeness (QED) is 0.149. The van der Waals surface area contributed by atoms with Crippen molar-refractivity contribution in [1.82, 2.24) is 0 Å². The summed E-state index contributed by atoms with van der Waals surface area (Å²) in [6, 6.07) is 0. The summed E-state index contributed by atoms with van der Waals surface area (Å²) in [5.41, 5.74) is 4.86. The Morgan fingerprint density at radius 2 is 1.24 bits per heavy atom. The topological polar surface area (TPSA) is 0 Å². The summed E-state index contributed by atoms with van der Waals surface area (Å²) in [7, 11) is 0. The van der Waals surface area contributed by atoms with E-state index in [-0.39, 0.29) is 40.0 Å². The fraction of sp³-hybridized carbons (Fsp3) is 0.550. The molecule has 0 saturated carbocycles. The van der Waals surface area contributed by atoms with E-state index >= 15 is 0 Å². The number of rotatable bonds is 10. The summed E-state index contributed by atoms with van der Waals surface area (Å²) in [5, 5.41) is 2.01. The molecule has 0 unspecified atom stereocenters. The summed E-state index contributed by atoms with van der Waals surface area (Å²) in [5.74, 6) is 0.589. The van der Waals surface area contributed by atoms with Crippen LogP contribution >= 0.6 is 43.5 Å². The van der Waals surface area contributed by atoms with E-state index < -0.39 is 0 Å². The molecule has 0 aromatic carbocycles. The van der Waals surface area contributed by atoms with Crippen LogP contribution in [0, 0.1) is 6.92 Å². The Kier molecular flexibility index (Phi) is 45.0. The maximum absolute atomic E-state index is 5.41. The summed E-state index contributed by atoms with van der Waals surface area (Å²) in [6.07, 6.45) is 6.46. The van der Waals surface area contributed by atoms with E-state index in [9.17, 15) is 0 Å². The maximum atomic E-state index is 5.41. The van der Waals surface area contributed by atoms with Gasteiger partial charge in [-0.3, -0.25) is 0 Å². The number of halogens is 4. The second kappa shape index (κ2) is 30.2. The van der Waals surface area contributed by atoms with Crippen LogP contribution < -0.4 is 17.0 Å². The van der Waals surface area contributed by atoms with Crippen LogP contribution in [-0.4, -0.2) is 39.6 Å². The first-order chi connectivity index (χ1) is 10.7. The number of hydrogen-bond donors (Lipinski definition) is 0. The average molecular weight is 574 g/mol. The van der Waals surface area contributed by atoms with Gasteiger partial charge in [0.05, 0.1) is 0 Å². The van der Waals surface area contributed by atoms with Crippen LogP contribution in [0.1, 0.15) is 52.4 Å². The van der Waals surface area contributed by atoms with Crippen LogP contribution in [0.3, 0.4) is 0 Å². The number of alkyl halides is 3. The third-order valence-electron chi connectivity index (χ3n) is 2.65. The zero-order valence-electron chi connectivity index (χ0n) is 16.1. The van der Waals surface area contributed by atoms with Gasteiger partial charge in [-0.2, -0.15) is 6.42 Å². The van der Waals surface area contributed by atoms with E-state index in [4.69, 9.17) is 11.6 Å². The molecule has 0 aliphatic rings. The van der Waals surface area contributed by atoms with Crippen molar-refractivity contribution in [2.45, 2.75) is 52.4 Å². The zero-order chi connectivity index (χ0) is 18.7. The van der Waals surface area contributed by atoms with Crippen molar-refractivity contribution in [3.8, 4) is 0 Å². The summed E-state index contributed by atoms with van der Waals surface area (Å²) in [6.45, 7) is 22.8. The zero-order valence-corrected chi connectivity index (χ0v) is 23.0. The van der Waals surface area contributed by atoms with Gasteiger partial charge in [0.15, 0.2) is 0 Å². The molecule has 0 nitrogen and oxygen atoms in total. The Morgan fingerprint density at radius 3 is 1.48 bits per heavy atom. The molecule has 0 fully saturated rings. The van der Waals surface area contributed by atoms with Gasteiger partial charge >= 0.3 is 23.1 Å². The van der Waals surface area contributed by atoms with Crippen LogP contribution in [0.15, 0.2) is 48.6 Å². The fourth-order valence-electron chi connectivity index (χ4n) is 1.10. The molecule has 0 heterocycles. The van der Waals surface area contributed by atoms with Crippen LogP contribution in [0.2, 0.25) is 0 Å². The van der Waals surface area contributed by atoms with Gasteiger partial charge in [-0.05, 0) is 46.0 Å². The molecule has 0 saturated heterocycles. The molecule has 0 rings (SSSR count).